The second kappa shape index (κ2) is 50.6. The molecule has 0 saturated carbocycles. The Morgan fingerprint density at radius 1 is 0.380 bits per heavy atom. The summed E-state index contributed by atoms with van der Waals surface area (Å²) >= 11 is 0. The summed E-state index contributed by atoms with van der Waals surface area (Å²) in [5, 5.41) is 0. The fourth-order valence-corrected chi connectivity index (χ4v) is 5.82. The fraction of sp³-hybridized carbons (Fsp3) is 1.00. The molecule has 0 aliphatic heterocycles. The third-order valence-electron chi connectivity index (χ3n) is 7.92. The molecule has 312 valence electrons. The van der Waals surface area contributed by atoms with Gasteiger partial charge in [0.25, 0.3) is 0 Å². The maximum atomic E-state index is 10.1. The smallest absolute Gasteiger partial charge is 0.781 e. The minimum Gasteiger partial charge on any atom is -0.781 e. The zero-order valence-corrected chi connectivity index (χ0v) is 38.0. The molecule has 0 saturated heterocycles. The van der Waals surface area contributed by atoms with E-state index in [2.05, 4.69) is 73.5 Å². The fourth-order valence-electron chi connectivity index (χ4n) is 4.34. The topological polar surface area (TPSA) is 197 Å². The Morgan fingerprint density at radius 3 is 0.640 bits per heavy atom. The van der Waals surface area contributed by atoms with E-state index in [1.54, 1.807) is 0 Å². The average Bonchev–Trinajstić information content (AvgIpc) is 3.05. The van der Waals surface area contributed by atoms with Crippen molar-refractivity contribution in [2.75, 3.05) is 26.4 Å². The number of unbranched alkanes of at least 4 members (excludes halogenated alkanes) is 4. The van der Waals surface area contributed by atoms with Crippen LogP contribution in [0.3, 0.4) is 0 Å². The van der Waals surface area contributed by atoms with Gasteiger partial charge in [0.1, 0.15) is 33.0 Å². The van der Waals surface area contributed by atoms with Crippen molar-refractivity contribution in [1.29, 1.82) is 0 Å². The third-order valence-corrected chi connectivity index (χ3v) is 9.53. The first kappa shape index (κ1) is 63.5. The van der Waals surface area contributed by atoms with Crippen molar-refractivity contribution in [2.24, 2.45) is 23.7 Å². The van der Waals surface area contributed by atoms with Gasteiger partial charge in [0, 0.05) is 0 Å². The van der Waals surface area contributed by atoms with Crippen LogP contribution in [0.4, 0.5) is 0 Å². The van der Waals surface area contributed by atoms with E-state index in [4.69, 9.17) is 0 Å². The number of rotatable bonds is 28. The standard InChI is InChI=1S/4C8H19O3P.2Ni/c4*1-3-5-6-8(4-2)7-11-12(9)10;;/h4*8,12H,3-7H2,1-2H3,(H,9,10);;/q;;;;2*+2/p-4. The van der Waals surface area contributed by atoms with Crippen molar-refractivity contribution in [1.82, 2.24) is 0 Å². The molecule has 12 nitrogen and oxygen atoms in total. The molecule has 50 heavy (non-hydrogen) atoms. The largest absolute Gasteiger partial charge is 2.00 e. The second-order valence-corrected chi connectivity index (χ2v) is 15.1. The molecule has 0 N–H and O–H groups in total. The zero-order valence-electron chi connectivity index (χ0n) is 32.0. The summed E-state index contributed by atoms with van der Waals surface area (Å²) in [6.07, 6.45) is 17.5. The van der Waals surface area contributed by atoms with Crippen LogP contribution in [0.25, 0.3) is 0 Å². The first-order valence-corrected chi connectivity index (χ1v) is 23.1. The Kier molecular flexibility index (Phi) is 64.3. The number of hydrogen-bond donors (Lipinski definition) is 0. The van der Waals surface area contributed by atoms with E-state index in [1.165, 1.54) is 0 Å². The number of hydrogen-bond acceptors (Lipinski definition) is 12. The first-order valence-electron chi connectivity index (χ1n) is 18.2. The summed E-state index contributed by atoms with van der Waals surface area (Å²) in [7, 11) is -11.9. The molecule has 0 spiro atoms. The van der Waals surface area contributed by atoms with Crippen molar-refractivity contribution in [2.45, 2.75) is 158 Å². The molecule has 0 aliphatic rings. The van der Waals surface area contributed by atoms with Crippen molar-refractivity contribution < 1.29 is 88.9 Å². The van der Waals surface area contributed by atoms with Crippen LogP contribution >= 0.6 is 33.0 Å². The van der Waals surface area contributed by atoms with Crippen molar-refractivity contribution in [3.8, 4) is 0 Å². The van der Waals surface area contributed by atoms with Crippen LogP contribution in [0.1, 0.15) is 158 Å². The second-order valence-electron chi connectivity index (χ2n) is 11.9. The maximum absolute atomic E-state index is 10.1. The van der Waals surface area contributed by atoms with E-state index in [9.17, 15) is 37.8 Å². The molecule has 8 unspecified atom stereocenters. The van der Waals surface area contributed by atoms with Gasteiger partial charge in [-0.1, -0.05) is 132 Å². The van der Waals surface area contributed by atoms with Gasteiger partial charge in [-0.2, -0.15) is 0 Å². The summed E-state index contributed by atoms with van der Waals surface area (Å²) in [5.74, 6) is 1.64. The molecule has 0 aromatic rings. The SMILES string of the molecule is CCCCC(CC)CO[PH](=O)[O-].CCCCC(CC)CO[PH](=O)[O-].CCCCC(CC)CO[PH](=O)[O-].CCCCC(CC)CO[PH](=O)[O-].[Ni+2].[Ni+2]. The predicted molar refractivity (Wildman–Crippen MR) is 193 cm³/mol. The van der Waals surface area contributed by atoms with Crippen LogP contribution in [0.15, 0.2) is 0 Å². The maximum Gasteiger partial charge on any atom is 2.00 e. The molecule has 0 bridgehead atoms. The minimum absolute atomic E-state index is 0. The van der Waals surface area contributed by atoms with Gasteiger partial charge in [0.2, 0.25) is 0 Å². The van der Waals surface area contributed by atoms with E-state index >= 15 is 0 Å². The van der Waals surface area contributed by atoms with Gasteiger partial charge in [-0.05, 0) is 49.4 Å². The van der Waals surface area contributed by atoms with Crippen LogP contribution in [-0.4, -0.2) is 26.4 Å². The molecule has 0 aromatic heterocycles. The van der Waals surface area contributed by atoms with E-state index in [0.717, 1.165) is 103 Å². The molecular formula is C32H72Ni2O12P4. The summed E-state index contributed by atoms with van der Waals surface area (Å²) in [6.45, 7) is 18.3. The van der Waals surface area contributed by atoms with Crippen LogP contribution in [0, 0.1) is 23.7 Å². The van der Waals surface area contributed by atoms with E-state index in [1.807, 2.05) is 0 Å². The molecule has 0 rings (SSSR count). The van der Waals surface area contributed by atoms with E-state index in [-0.39, 0.29) is 33.0 Å². The zero-order chi connectivity index (χ0) is 37.6. The van der Waals surface area contributed by atoms with Crippen LogP contribution in [0.5, 0.6) is 0 Å². The Hall–Kier alpha value is 1.59. The minimum atomic E-state index is -2.96. The van der Waals surface area contributed by atoms with Crippen molar-refractivity contribution in [3.63, 3.8) is 0 Å². The molecule has 18 heteroatoms. The normalized spacial score (nSPS) is 15.3. The van der Waals surface area contributed by atoms with Gasteiger partial charge in [-0.15, -0.1) is 0 Å². The molecule has 0 amide bonds. The van der Waals surface area contributed by atoms with Crippen LogP contribution < -0.4 is 19.6 Å². The predicted octanol–water partition coefficient (Wildman–Crippen LogP) is 7.87. The molecule has 0 aromatic carbocycles. The quantitative estimate of drug-likeness (QED) is 0.0545. The van der Waals surface area contributed by atoms with Gasteiger partial charge >= 0.3 is 33.0 Å². The van der Waals surface area contributed by atoms with E-state index < -0.39 is 33.0 Å². The molecule has 8 atom stereocenters. The third kappa shape index (κ3) is 56.3. The van der Waals surface area contributed by atoms with Crippen molar-refractivity contribution >= 4 is 33.0 Å². The Labute approximate surface area is 328 Å². The molecule has 0 fully saturated rings. The summed E-state index contributed by atoms with van der Waals surface area (Å²) in [5.41, 5.74) is 0. The van der Waals surface area contributed by atoms with Crippen LogP contribution in [-0.2, 0) is 69.3 Å². The monoisotopic (exact) mass is 888 g/mol. The van der Waals surface area contributed by atoms with Gasteiger partial charge in [0.15, 0.2) is 0 Å². The Morgan fingerprint density at radius 2 is 0.540 bits per heavy atom. The van der Waals surface area contributed by atoms with Crippen LogP contribution in [0.2, 0.25) is 0 Å². The molecule has 0 radical (unpaired) electrons. The van der Waals surface area contributed by atoms with Crippen molar-refractivity contribution in [3.05, 3.63) is 0 Å². The van der Waals surface area contributed by atoms with Gasteiger partial charge < -0.3 is 55.9 Å². The Balaban J connectivity index is -0.000000127. The summed E-state index contributed by atoms with van der Waals surface area (Å²) < 4.78 is 58.9. The Bertz CT molecular complexity index is 642. The van der Waals surface area contributed by atoms with Gasteiger partial charge in [-0.25, -0.2) is 0 Å². The van der Waals surface area contributed by atoms with Gasteiger partial charge in [0.05, 0.1) is 26.4 Å². The first-order chi connectivity index (χ1) is 22.8. The molecule has 0 heterocycles. The van der Waals surface area contributed by atoms with E-state index in [0.29, 0.717) is 50.1 Å². The average molecular weight is 890 g/mol. The molecule has 0 aliphatic carbocycles. The summed E-state index contributed by atoms with van der Waals surface area (Å²) in [6, 6.07) is 0. The van der Waals surface area contributed by atoms with Gasteiger partial charge in [-0.3, -0.25) is 0 Å². The molecular weight excluding hydrogens is 818 g/mol. The summed E-state index contributed by atoms with van der Waals surface area (Å²) in [4.78, 5) is 40.6.